The van der Waals surface area contributed by atoms with E-state index in [0.29, 0.717) is 45.8 Å². The topological polar surface area (TPSA) is 220 Å². The van der Waals surface area contributed by atoms with Crippen LogP contribution in [-0.4, -0.2) is 66.8 Å². The van der Waals surface area contributed by atoms with Gasteiger partial charge < -0.3 is 20.1 Å². The summed E-state index contributed by atoms with van der Waals surface area (Å²) in [5.41, 5.74) is 1.36. The number of aryl methyl sites for hydroxylation is 1. The number of nitriles is 1. The van der Waals surface area contributed by atoms with E-state index in [1.165, 1.54) is 13.3 Å². The minimum atomic E-state index is -4.80. The molecule has 17 heteroatoms. The lowest BCUT2D eigenvalue weighted by Gasteiger charge is -2.23. The summed E-state index contributed by atoms with van der Waals surface area (Å²) in [5.74, 6) is 0.244. The van der Waals surface area contributed by atoms with Crippen LogP contribution in [0.4, 0.5) is 22.7 Å². The van der Waals surface area contributed by atoms with Crippen molar-refractivity contribution in [2.45, 2.75) is 31.1 Å². The quantitative estimate of drug-likeness (QED) is 0.218. The number of hydrogen-bond donors (Lipinski definition) is 2. The van der Waals surface area contributed by atoms with Crippen molar-refractivity contribution in [3.05, 3.63) is 91.6 Å². The first-order chi connectivity index (χ1) is 23.4. The van der Waals surface area contributed by atoms with E-state index in [-0.39, 0.29) is 44.6 Å². The monoisotopic (exact) mass is 689 g/mol. The third kappa shape index (κ3) is 7.35. The minimum Gasteiger partial charge on any atom is -0.493 e. The van der Waals surface area contributed by atoms with Gasteiger partial charge in [0.2, 0.25) is 10.8 Å². The van der Waals surface area contributed by atoms with Crippen LogP contribution in [0.15, 0.2) is 59.6 Å². The molecule has 0 unspecified atom stereocenters. The number of carbonyl (C=O) groups excluding carboxylic acids is 1. The number of nitro benzene ring substituents is 2. The SMILES string of the molecule is COc1cc2ncc(C#N)c3c2cc1OCCCCN(S(=O)(=O)c1c([N+](=O)[O-])cccc1[N+](=O)[O-])CCNC(=O)Cc1ccc(C)cc1N3. The molecule has 1 amide bonds. The standard InChI is InChI=1S/C32H31N7O9S/c1-20-8-9-21-15-30(40)34-10-12-37(49(45,46)32-26(38(41)42)6-5-7-27(32)39(43)44)11-3-4-13-48-29-16-23-25(17-28(29)47-2)35-19-22(18-33)31(23)36-24(21)14-20/h5-9,14,16-17,19,36H,3-4,10-13,15H2,1-2H3,(H,34,40). The number of ether oxygens (including phenoxy) is 2. The molecule has 0 atom stereocenters. The number of nitrogens with one attached hydrogen (secondary N) is 2. The maximum Gasteiger partial charge on any atom is 0.296 e. The number of pyridine rings is 1. The van der Waals surface area contributed by atoms with Gasteiger partial charge in [-0.25, -0.2) is 8.42 Å². The molecule has 0 fully saturated rings. The second kappa shape index (κ2) is 14.5. The van der Waals surface area contributed by atoms with Gasteiger partial charge in [0.25, 0.3) is 21.4 Å². The number of rotatable bonds is 5. The Labute approximate surface area is 280 Å². The first-order valence-corrected chi connectivity index (χ1v) is 16.5. The fourth-order valence-corrected chi connectivity index (χ4v) is 7.23. The number of aromatic nitrogens is 1. The Morgan fingerprint density at radius 1 is 1.06 bits per heavy atom. The largest absolute Gasteiger partial charge is 0.493 e. The number of hydrogen-bond acceptors (Lipinski definition) is 12. The summed E-state index contributed by atoms with van der Waals surface area (Å²) < 4.78 is 40.3. The molecule has 0 aliphatic carbocycles. The third-order valence-corrected chi connectivity index (χ3v) is 9.84. The van der Waals surface area contributed by atoms with Crippen LogP contribution < -0.4 is 20.1 Å². The Kier molecular flexibility index (Phi) is 10.2. The van der Waals surface area contributed by atoms with Crippen LogP contribution in [0.1, 0.15) is 29.5 Å². The Morgan fingerprint density at radius 2 is 1.80 bits per heavy atom. The van der Waals surface area contributed by atoms with Gasteiger partial charge in [-0.05, 0) is 49.1 Å². The number of anilines is 2. The van der Waals surface area contributed by atoms with Crippen LogP contribution in [0, 0.1) is 38.5 Å². The Balaban J connectivity index is 1.56. The van der Waals surface area contributed by atoms with Crippen LogP contribution in [-0.2, 0) is 21.2 Å². The van der Waals surface area contributed by atoms with Crippen LogP contribution in [0.5, 0.6) is 11.5 Å². The minimum absolute atomic E-state index is 0.0915. The summed E-state index contributed by atoms with van der Waals surface area (Å²) in [5, 5.41) is 40.1. The number of fused-ring (bicyclic) bond motifs is 2. The molecule has 5 rings (SSSR count). The zero-order valence-corrected chi connectivity index (χ0v) is 27.3. The Morgan fingerprint density at radius 3 is 2.47 bits per heavy atom. The molecule has 254 valence electrons. The average molecular weight is 690 g/mol. The molecule has 0 saturated heterocycles. The van der Waals surface area contributed by atoms with Gasteiger partial charge in [-0.2, -0.15) is 9.57 Å². The van der Waals surface area contributed by atoms with Gasteiger partial charge >= 0.3 is 0 Å². The van der Waals surface area contributed by atoms with E-state index in [2.05, 4.69) is 21.7 Å². The molecular formula is C32H31N7O9S. The van der Waals surface area contributed by atoms with Gasteiger partial charge in [-0.3, -0.25) is 30.0 Å². The van der Waals surface area contributed by atoms with Gasteiger partial charge in [0.05, 0.1) is 46.8 Å². The van der Waals surface area contributed by atoms with E-state index in [1.807, 2.05) is 19.1 Å². The highest BCUT2D eigenvalue weighted by Gasteiger charge is 2.39. The van der Waals surface area contributed by atoms with Crippen molar-refractivity contribution in [2.24, 2.45) is 0 Å². The van der Waals surface area contributed by atoms with Crippen molar-refractivity contribution in [2.75, 3.05) is 38.7 Å². The van der Waals surface area contributed by atoms with Crippen molar-refractivity contribution in [1.29, 1.82) is 5.26 Å². The predicted molar refractivity (Wildman–Crippen MR) is 177 cm³/mol. The molecule has 0 saturated carbocycles. The lowest BCUT2D eigenvalue weighted by Crippen LogP contribution is -2.40. The normalized spacial score (nSPS) is 14.7. The molecule has 0 radical (unpaired) electrons. The molecule has 1 aliphatic rings. The fourth-order valence-electron chi connectivity index (χ4n) is 5.46. The molecule has 1 aliphatic heterocycles. The van der Waals surface area contributed by atoms with E-state index in [1.54, 1.807) is 18.2 Å². The first kappa shape index (κ1) is 34.5. The molecule has 2 bridgehead atoms. The lowest BCUT2D eigenvalue weighted by atomic mass is 10.0. The van der Waals surface area contributed by atoms with Crippen LogP contribution in [0.25, 0.3) is 10.9 Å². The first-order valence-electron chi connectivity index (χ1n) is 15.0. The number of carbonyl (C=O) groups is 1. The van der Waals surface area contributed by atoms with Crippen molar-refractivity contribution >= 4 is 49.6 Å². The van der Waals surface area contributed by atoms with Crippen molar-refractivity contribution in [1.82, 2.24) is 14.6 Å². The number of sulfonamides is 1. The highest BCUT2D eigenvalue weighted by atomic mass is 32.2. The van der Waals surface area contributed by atoms with Gasteiger partial charge in [0, 0.05) is 55.1 Å². The van der Waals surface area contributed by atoms with Crippen LogP contribution >= 0.6 is 0 Å². The molecule has 2 N–H and O–H groups in total. The average Bonchev–Trinajstić information content (AvgIpc) is 3.07. The molecule has 49 heavy (non-hydrogen) atoms. The maximum absolute atomic E-state index is 13.9. The second-order valence-electron chi connectivity index (χ2n) is 11.1. The molecule has 2 heterocycles. The summed E-state index contributed by atoms with van der Waals surface area (Å²) in [7, 11) is -3.34. The predicted octanol–water partition coefficient (Wildman–Crippen LogP) is 4.51. The van der Waals surface area contributed by atoms with Crippen LogP contribution in [0.2, 0.25) is 0 Å². The summed E-state index contributed by atoms with van der Waals surface area (Å²) >= 11 is 0. The molecular weight excluding hydrogens is 658 g/mol. The maximum atomic E-state index is 13.9. The number of methoxy groups -OCH3 is 1. The molecule has 3 aromatic carbocycles. The Hall–Kier alpha value is -5.86. The summed E-state index contributed by atoms with van der Waals surface area (Å²) in [4.78, 5) is 38.2. The van der Waals surface area contributed by atoms with E-state index in [0.717, 1.165) is 28.1 Å². The fraction of sp³-hybridized carbons (Fsp3) is 0.281. The molecule has 16 nitrogen and oxygen atoms in total. The third-order valence-electron chi connectivity index (χ3n) is 7.86. The van der Waals surface area contributed by atoms with Gasteiger partial charge in [-0.15, -0.1) is 0 Å². The zero-order valence-electron chi connectivity index (χ0n) is 26.5. The second-order valence-corrected chi connectivity index (χ2v) is 13.0. The Bertz CT molecular complexity index is 2080. The molecule has 0 spiro atoms. The summed E-state index contributed by atoms with van der Waals surface area (Å²) in [6.07, 6.45) is 1.80. The van der Waals surface area contributed by atoms with E-state index in [9.17, 15) is 38.7 Å². The van der Waals surface area contributed by atoms with Crippen LogP contribution in [0.3, 0.4) is 0 Å². The smallest absolute Gasteiger partial charge is 0.296 e. The van der Waals surface area contributed by atoms with Crippen molar-refractivity contribution in [3.8, 4) is 17.6 Å². The number of amides is 1. The van der Waals surface area contributed by atoms with Crippen molar-refractivity contribution < 1.29 is 32.5 Å². The highest BCUT2D eigenvalue weighted by molar-refractivity contribution is 7.89. The highest BCUT2D eigenvalue weighted by Crippen LogP contribution is 2.38. The van der Waals surface area contributed by atoms with Gasteiger partial charge in [0.1, 0.15) is 6.07 Å². The molecule has 1 aromatic heterocycles. The summed E-state index contributed by atoms with van der Waals surface area (Å²) in [6, 6.07) is 13.7. The van der Waals surface area contributed by atoms with Crippen molar-refractivity contribution in [3.63, 3.8) is 0 Å². The van der Waals surface area contributed by atoms with E-state index >= 15 is 0 Å². The van der Waals surface area contributed by atoms with Gasteiger partial charge in [-0.1, -0.05) is 12.1 Å². The molecule has 4 aromatic rings. The zero-order chi connectivity index (χ0) is 35.3. The van der Waals surface area contributed by atoms with E-state index in [4.69, 9.17) is 9.47 Å². The van der Waals surface area contributed by atoms with E-state index < -0.39 is 42.0 Å². The number of nitrogens with zero attached hydrogens (tertiary/aromatic N) is 5. The number of benzene rings is 3. The van der Waals surface area contributed by atoms with Gasteiger partial charge in [0.15, 0.2) is 11.5 Å². The summed E-state index contributed by atoms with van der Waals surface area (Å²) in [6.45, 7) is 1.26. The lowest BCUT2D eigenvalue weighted by molar-refractivity contribution is -0.399. The number of nitro groups is 2.